The van der Waals surface area contributed by atoms with Crippen molar-refractivity contribution in [1.29, 1.82) is 0 Å². The lowest BCUT2D eigenvalue weighted by atomic mass is 10.1. The van der Waals surface area contributed by atoms with Crippen LogP contribution in [0.3, 0.4) is 0 Å². The van der Waals surface area contributed by atoms with Crippen molar-refractivity contribution in [3.05, 3.63) is 81.1 Å². The summed E-state index contributed by atoms with van der Waals surface area (Å²) in [5, 5.41) is 18.0. The highest BCUT2D eigenvalue weighted by Gasteiger charge is 2.12. The molecule has 0 atom stereocenters. The Morgan fingerprint density at radius 1 is 1.08 bits per heavy atom. The second-order valence-electron chi connectivity index (χ2n) is 6.17. The fraction of sp³-hybridized carbons (Fsp3) is 0.250. The van der Waals surface area contributed by atoms with Crippen molar-refractivity contribution < 1.29 is 5.11 Å². The molecule has 3 rings (SSSR count). The molecule has 0 aliphatic heterocycles. The zero-order valence-electron chi connectivity index (χ0n) is 14.5. The number of aromatic hydroxyl groups is 1. The van der Waals surface area contributed by atoms with E-state index in [1.54, 1.807) is 6.07 Å². The maximum absolute atomic E-state index is 9.93. The molecular formula is C20H22BrN3O. The fourth-order valence-corrected chi connectivity index (χ4v) is 3.33. The first-order valence-corrected chi connectivity index (χ1v) is 9.09. The quantitative estimate of drug-likeness (QED) is 0.649. The Morgan fingerprint density at radius 2 is 1.84 bits per heavy atom. The van der Waals surface area contributed by atoms with Gasteiger partial charge in [-0.2, -0.15) is 5.10 Å². The summed E-state index contributed by atoms with van der Waals surface area (Å²) in [5.74, 6) is 0.309. The standard InChI is InChI=1S/C20H22BrN3O/c1-14-19(12-22-11-17-10-18(21)8-9-20(17)25)15(2)24(23-14)13-16-6-4-3-5-7-16/h3-10,22,25H,11-13H2,1-2H3. The van der Waals surface area contributed by atoms with Gasteiger partial charge in [0.1, 0.15) is 5.75 Å². The molecule has 0 bridgehead atoms. The summed E-state index contributed by atoms with van der Waals surface area (Å²) in [6.45, 7) is 6.25. The van der Waals surface area contributed by atoms with Crippen molar-refractivity contribution in [3.63, 3.8) is 0 Å². The van der Waals surface area contributed by atoms with E-state index in [2.05, 4.69) is 50.1 Å². The number of nitrogens with one attached hydrogen (secondary N) is 1. The maximum atomic E-state index is 9.93. The third kappa shape index (κ3) is 4.30. The van der Waals surface area contributed by atoms with E-state index in [-0.39, 0.29) is 0 Å². The molecule has 3 aromatic rings. The van der Waals surface area contributed by atoms with Gasteiger partial charge in [-0.25, -0.2) is 0 Å². The predicted molar refractivity (Wildman–Crippen MR) is 104 cm³/mol. The molecule has 0 fully saturated rings. The second kappa shape index (κ2) is 7.85. The number of aromatic nitrogens is 2. The zero-order chi connectivity index (χ0) is 17.8. The van der Waals surface area contributed by atoms with Gasteiger partial charge in [0.15, 0.2) is 0 Å². The number of aryl methyl sites for hydroxylation is 1. The number of halogens is 1. The first-order chi connectivity index (χ1) is 12.0. The molecular weight excluding hydrogens is 378 g/mol. The van der Waals surface area contributed by atoms with E-state index in [1.165, 1.54) is 16.8 Å². The van der Waals surface area contributed by atoms with E-state index < -0.39 is 0 Å². The molecule has 0 aliphatic carbocycles. The summed E-state index contributed by atoms with van der Waals surface area (Å²) >= 11 is 3.44. The van der Waals surface area contributed by atoms with Crippen LogP contribution in [-0.4, -0.2) is 14.9 Å². The van der Waals surface area contributed by atoms with E-state index in [1.807, 2.05) is 37.3 Å². The topological polar surface area (TPSA) is 50.1 Å². The molecule has 0 aliphatic rings. The molecule has 0 spiro atoms. The van der Waals surface area contributed by atoms with Crippen LogP contribution in [0.25, 0.3) is 0 Å². The van der Waals surface area contributed by atoms with Gasteiger partial charge in [-0.05, 0) is 37.6 Å². The number of hydrogen-bond acceptors (Lipinski definition) is 3. The molecule has 2 aromatic carbocycles. The summed E-state index contributed by atoms with van der Waals surface area (Å²) < 4.78 is 3.02. The summed E-state index contributed by atoms with van der Waals surface area (Å²) in [6, 6.07) is 15.8. The molecule has 2 N–H and O–H groups in total. The van der Waals surface area contributed by atoms with Crippen LogP contribution in [-0.2, 0) is 19.6 Å². The molecule has 25 heavy (non-hydrogen) atoms. The number of rotatable bonds is 6. The van der Waals surface area contributed by atoms with Gasteiger partial charge in [-0.3, -0.25) is 4.68 Å². The molecule has 5 heteroatoms. The predicted octanol–water partition coefficient (Wildman–Crippen LogP) is 4.31. The minimum Gasteiger partial charge on any atom is -0.508 e. The number of nitrogens with zero attached hydrogens (tertiary/aromatic N) is 2. The normalized spacial score (nSPS) is 11.0. The highest BCUT2D eigenvalue weighted by Crippen LogP contribution is 2.22. The van der Waals surface area contributed by atoms with Gasteiger partial charge in [0.05, 0.1) is 12.2 Å². The zero-order valence-corrected chi connectivity index (χ0v) is 16.0. The Labute approximate surface area is 156 Å². The minimum absolute atomic E-state index is 0.309. The van der Waals surface area contributed by atoms with Crippen LogP contribution in [0.4, 0.5) is 0 Å². The minimum atomic E-state index is 0.309. The van der Waals surface area contributed by atoms with E-state index in [0.717, 1.165) is 28.8 Å². The van der Waals surface area contributed by atoms with E-state index in [9.17, 15) is 5.11 Å². The van der Waals surface area contributed by atoms with Gasteiger partial charge >= 0.3 is 0 Å². The Bertz CT molecular complexity index is 859. The SMILES string of the molecule is Cc1nn(Cc2ccccc2)c(C)c1CNCc1cc(Br)ccc1O. The van der Waals surface area contributed by atoms with Crippen molar-refractivity contribution in [1.82, 2.24) is 15.1 Å². The van der Waals surface area contributed by atoms with Crippen molar-refractivity contribution >= 4 is 15.9 Å². The van der Waals surface area contributed by atoms with Gasteiger partial charge in [0.25, 0.3) is 0 Å². The largest absolute Gasteiger partial charge is 0.508 e. The summed E-state index contributed by atoms with van der Waals surface area (Å²) in [5.41, 5.74) is 5.55. The Kier molecular flexibility index (Phi) is 5.56. The van der Waals surface area contributed by atoms with Crippen molar-refractivity contribution in [3.8, 4) is 5.75 Å². The van der Waals surface area contributed by atoms with Gasteiger partial charge in [0.2, 0.25) is 0 Å². The summed E-state index contributed by atoms with van der Waals surface area (Å²) in [6.07, 6.45) is 0. The van der Waals surface area contributed by atoms with Crippen molar-refractivity contribution in [2.75, 3.05) is 0 Å². The number of phenols is 1. The first-order valence-electron chi connectivity index (χ1n) is 8.29. The molecule has 1 heterocycles. The summed E-state index contributed by atoms with van der Waals surface area (Å²) in [7, 11) is 0. The number of benzene rings is 2. The van der Waals surface area contributed by atoms with Crippen molar-refractivity contribution in [2.24, 2.45) is 0 Å². The monoisotopic (exact) mass is 399 g/mol. The van der Waals surface area contributed by atoms with E-state index >= 15 is 0 Å². The van der Waals surface area contributed by atoms with Crippen LogP contribution in [0.5, 0.6) is 5.75 Å². The average Bonchev–Trinajstić information content (AvgIpc) is 2.86. The van der Waals surface area contributed by atoms with Gasteiger partial charge in [-0.1, -0.05) is 46.3 Å². The van der Waals surface area contributed by atoms with E-state index in [4.69, 9.17) is 0 Å². The van der Waals surface area contributed by atoms with Crippen molar-refractivity contribution in [2.45, 2.75) is 33.5 Å². The highest BCUT2D eigenvalue weighted by atomic mass is 79.9. The third-order valence-corrected chi connectivity index (χ3v) is 4.86. The van der Waals surface area contributed by atoms with Crippen LogP contribution >= 0.6 is 15.9 Å². The van der Waals surface area contributed by atoms with Gasteiger partial charge in [-0.15, -0.1) is 0 Å². The molecule has 0 unspecified atom stereocenters. The third-order valence-electron chi connectivity index (χ3n) is 4.37. The van der Waals surface area contributed by atoms with Crippen LogP contribution in [0.1, 0.15) is 28.1 Å². The fourth-order valence-electron chi connectivity index (χ4n) is 2.92. The average molecular weight is 400 g/mol. The Hall–Kier alpha value is -2.11. The lowest BCUT2D eigenvalue weighted by Gasteiger charge is -2.09. The summed E-state index contributed by atoms with van der Waals surface area (Å²) in [4.78, 5) is 0. The lowest BCUT2D eigenvalue weighted by molar-refractivity contribution is 0.464. The van der Waals surface area contributed by atoms with Gasteiger partial charge < -0.3 is 10.4 Å². The molecule has 0 saturated heterocycles. The number of hydrogen-bond donors (Lipinski definition) is 2. The lowest BCUT2D eigenvalue weighted by Crippen LogP contribution is -2.14. The first kappa shape index (κ1) is 17.7. The van der Waals surface area contributed by atoms with Crippen LogP contribution < -0.4 is 5.32 Å². The second-order valence-corrected chi connectivity index (χ2v) is 7.08. The molecule has 4 nitrogen and oxygen atoms in total. The van der Waals surface area contributed by atoms with Gasteiger partial charge in [0, 0.05) is 34.4 Å². The molecule has 0 radical (unpaired) electrons. The van der Waals surface area contributed by atoms with Crippen LogP contribution in [0, 0.1) is 13.8 Å². The van der Waals surface area contributed by atoms with Crippen LogP contribution in [0.15, 0.2) is 53.0 Å². The molecule has 0 amide bonds. The Balaban J connectivity index is 1.68. The molecule has 130 valence electrons. The van der Waals surface area contributed by atoms with Crippen LogP contribution in [0.2, 0.25) is 0 Å². The highest BCUT2D eigenvalue weighted by molar-refractivity contribution is 9.10. The molecule has 0 saturated carbocycles. The Morgan fingerprint density at radius 3 is 2.60 bits per heavy atom. The smallest absolute Gasteiger partial charge is 0.120 e. The maximum Gasteiger partial charge on any atom is 0.120 e. The molecule has 1 aromatic heterocycles. The number of phenolic OH excluding ortho intramolecular Hbond substituents is 1. The van der Waals surface area contributed by atoms with E-state index in [0.29, 0.717) is 12.3 Å².